The second-order valence-corrected chi connectivity index (χ2v) is 7.79. The molecule has 1 aromatic rings. The van der Waals surface area contributed by atoms with Crippen molar-refractivity contribution in [2.24, 2.45) is 11.7 Å². The van der Waals surface area contributed by atoms with Crippen LogP contribution in [-0.4, -0.2) is 20.0 Å². The van der Waals surface area contributed by atoms with Crippen LogP contribution in [0.25, 0.3) is 0 Å². The van der Waals surface area contributed by atoms with Gasteiger partial charge in [0.1, 0.15) is 4.99 Å². The minimum atomic E-state index is -3.48. The Labute approximate surface area is 132 Å². The second-order valence-electron chi connectivity index (χ2n) is 5.58. The van der Waals surface area contributed by atoms with E-state index in [0.717, 1.165) is 6.42 Å². The molecule has 1 aliphatic rings. The fraction of sp³-hybridized carbons (Fsp3) is 0.533. The highest BCUT2D eigenvalue weighted by Crippen LogP contribution is 2.25. The van der Waals surface area contributed by atoms with Crippen molar-refractivity contribution in [1.82, 2.24) is 4.72 Å². The summed E-state index contributed by atoms with van der Waals surface area (Å²) in [5.41, 5.74) is 6.11. The number of nitrogens with one attached hydrogen (secondary N) is 1. The van der Waals surface area contributed by atoms with E-state index in [9.17, 15) is 8.42 Å². The van der Waals surface area contributed by atoms with Crippen LogP contribution in [0.4, 0.5) is 0 Å². The van der Waals surface area contributed by atoms with Crippen molar-refractivity contribution < 1.29 is 8.42 Å². The topological polar surface area (TPSA) is 72.2 Å². The fourth-order valence-electron chi connectivity index (χ4n) is 2.77. The van der Waals surface area contributed by atoms with Crippen molar-refractivity contribution >= 4 is 27.2 Å². The average Bonchev–Trinajstić information content (AvgIpc) is 2.48. The van der Waals surface area contributed by atoms with Crippen LogP contribution in [-0.2, 0) is 10.0 Å². The van der Waals surface area contributed by atoms with Gasteiger partial charge in [-0.1, -0.05) is 56.5 Å². The van der Waals surface area contributed by atoms with E-state index < -0.39 is 10.0 Å². The lowest BCUT2D eigenvalue weighted by molar-refractivity contribution is 0.339. The van der Waals surface area contributed by atoms with Crippen LogP contribution >= 0.6 is 12.2 Å². The second kappa shape index (κ2) is 7.33. The molecule has 21 heavy (non-hydrogen) atoms. The van der Waals surface area contributed by atoms with Gasteiger partial charge in [0.15, 0.2) is 0 Å². The van der Waals surface area contributed by atoms with Crippen LogP contribution in [0.15, 0.2) is 29.2 Å². The number of benzene rings is 1. The predicted molar refractivity (Wildman–Crippen MR) is 88.7 cm³/mol. The first-order chi connectivity index (χ1) is 9.99. The first kappa shape index (κ1) is 16.4. The van der Waals surface area contributed by atoms with Gasteiger partial charge in [-0.3, -0.25) is 0 Å². The van der Waals surface area contributed by atoms with Gasteiger partial charge in [0, 0.05) is 12.1 Å². The predicted octanol–water partition coefficient (Wildman–Crippen LogP) is 2.57. The molecule has 0 atom stereocenters. The molecule has 0 aliphatic heterocycles. The quantitative estimate of drug-likeness (QED) is 0.788. The van der Waals surface area contributed by atoms with Gasteiger partial charge in [0.25, 0.3) is 0 Å². The summed E-state index contributed by atoms with van der Waals surface area (Å²) in [6.07, 6.45) is 7.21. The van der Waals surface area contributed by atoms with Gasteiger partial charge in [0.2, 0.25) is 10.0 Å². The van der Waals surface area contributed by atoms with Crippen molar-refractivity contribution in [3.8, 4) is 0 Å². The molecule has 0 spiro atoms. The van der Waals surface area contributed by atoms with Gasteiger partial charge in [-0.25, -0.2) is 13.1 Å². The molecule has 6 heteroatoms. The van der Waals surface area contributed by atoms with Gasteiger partial charge in [-0.2, -0.15) is 0 Å². The van der Waals surface area contributed by atoms with Crippen molar-refractivity contribution in [2.45, 2.75) is 43.4 Å². The maximum atomic E-state index is 12.3. The molecule has 0 radical (unpaired) electrons. The normalized spacial score (nSPS) is 16.8. The van der Waals surface area contributed by atoms with Gasteiger partial charge >= 0.3 is 0 Å². The van der Waals surface area contributed by atoms with E-state index in [4.69, 9.17) is 18.0 Å². The molecule has 0 aromatic heterocycles. The van der Waals surface area contributed by atoms with Gasteiger partial charge < -0.3 is 5.73 Å². The Bertz CT molecular complexity index is 593. The smallest absolute Gasteiger partial charge is 0.240 e. The molecule has 4 nitrogen and oxygen atoms in total. The number of hydrogen-bond acceptors (Lipinski definition) is 3. The van der Waals surface area contributed by atoms with E-state index in [1.54, 1.807) is 18.2 Å². The number of nitrogens with two attached hydrogens (primary N) is 1. The zero-order valence-corrected chi connectivity index (χ0v) is 13.7. The molecule has 0 unspecified atom stereocenters. The SMILES string of the molecule is NC(=S)c1cccc(S(=O)(=O)NCCC2CCCCC2)c1. The summed E-state index contributed by atoms with van der Waals surface area (Å²) in [5.74, 6) is 0.657. The highest BCUT2D eigenvalue weighted by Gasteiger charge is 2.17. The number of rotatable bonds is 6. The van der Waals surface area contributed by atoms with E-state index in [-0.39, 0.29) is 9.88 Å². The van der Waals surface area contributed by atoms with Crippen molar-refractivity contribution in [1.29, 1.82) is 0 Å². The van der Waals surface area contributed by atoms with Gasteiger partial charge in [-0.15, -0.1) is 0 Å². The minimum absolute atomic E-state index is 0.203. The molecule has 3 N–H and O–H groups in total. The summed E-state index contributed by atoms with van der Waals surface area (Å²) >= 11 is 4.88. The zero-order chi connectivity index (χ0) is 15.3. The Morgan fingerprint density at radius 1 is 1.29 bits per heavy atom. The van der Waals surface area contributed by atoms with Crippen LogP contribution in [0.2, 0.25) is 0 Å². The summed E-state index contributed by atoms with van der Waals surface area (Å²) in [4.78, 5) is 0.422. The molecule has 0 amide bonds. The Kier molecular flexibility index (Phi) is 5.72. The largest absolute Gasteiger partial charge is 0.389 e. The van der Waals surface area contributed by atoms with Crippen LogP contribution < -0.4 is 10.5 Å². The molecular weight excluding hydrogens is 304 g/mol. The summed E-state index contributed by atoms with van der Waals surface area (Å²) in [7, 11) is -3.48. The summed E-state index contributed by atoms with van der Waals surface area (Å²) in [6, 6.07) is 6.45. The van der Waals surface area contributed by atoms with Crippen LogP contribution in [0.5, 0.6) is 0 Å². The van der Waals surface area contributed by atoms with E-state index in [0.29, 0.717) is 18.0 Å². The Morgan fingerprint density at radius 2 is 2.00 bits per heavy atom. The highest BCUT2D eigenvalue weighted by atomic mass is 32.2. The molecule has 116 valence electrons. The highest BCUT2D eigenvalue weighted by molar-refractivity contribution is 7.89. The van der Waals surface area contributed by atoms with Crippen molar-refractivity contribution in [2.75, 3.05) is 6.54 Å². The number of hydrogen-bond donors (Lipinski definition) is 2. The lowest BCUT2D eigenvalue weighted by Crippen LogP contribution is -2.27. The molecule has 0 heterocycles. The molecule has 1 aliphatic carbocycles. The van der Waals surface area contributed by atoms with Gasteiger partial charge in [-0.05, 0) is 24.5 Å². The summed E-state index contributed by atoms with van der Waals surface area (Å²) in [5, 5.41) is 0. The monoisotopic (exact) mass is 326 g/mol. The fourth-order valence-corrected chi connectivity index (χ4v) is 3.99. The van der Waals surface area contributed by atoms with Gasteiger partial charge in [0.05, 0.1) is 4.90 Å². The molecule has 0 saturated heterocycles. The molecule has 1 fully saturated rings. The Morgan fingerprint density at radius 3 is 2.67 bits per heavy atom. The summed E-state index contributed by atoms with van der Waals surface area (Å²) in [6.45, 7) is 0.490. The molecule has 0 bridgehead atoms. The van der Waals surface area contributed by atoms with E-state index >= 15 is 0 Å². The average molecular weight is 326 g/mol. The third-order valence-electron chi connectivity index (χ3n) is 4.00. The van der Waals surface area contributed by atoms with Crippen LogP contribution in [0.3, 0.4) is 0 Å². The first-order valence-electron chi connectivity index (χ1n) is 7.38. The Hall–Kier alpha value is -0.980. The minimum Gasteiger partial charge on any atom is -0.389 e. The third kappa shape index (κ3) is 4.76. The first-order valence-corrected chi connectivity index (χ1v) is 9.28. The Balaban J connectivity index is 1.94. The van der Waals surface area contributed by atoms with Crippen LogP contribution in [0.1, 0.15) is 44.1 Å². The third-order valence-corrected chi connectivity index (χ3v) is 5.69. The molecule has 1 aromatic carbocycles. The molecular formula is C15H22N2O2S2. The maximum Gasteiger partial charge on any atom is 0.240 e. The van der Waals surface area contributed by atoms with Crippen molar-refractivity contribution in [3.63, 3.8) is 0 Å². The standard InChI is InChI=1S/C15H22N2O2S2/c16-15(20)13-7-4-8-14(11-13)21(18,19)17-10-9-12-5-2-1-3-6-12/h4,7-8,11-12,17H,1-3,5-6,9-10H2,(H2,16,20). The van der Waals surface area contributed by atoms with E-state index in [1.165, 1.54) is 38.2 Å². The van der Waals surface area contributed by atoms with Crippen LogP contribution in [0, 0.1) is 5.92 Å². The molecule has 1 saturated carbocycles. The summed E-state index contributed by atoms with van der Waals surface area (Å²) < 4.78 is 27.2. The number of sulfonamides is 1. The van der Waals surface area contributed by atoms with Crippen molar-refractivity contribution in [3.05, 3.63) is 29.8 Å². The van der Waals surface area contributed by atoms with E-state index in [1.807, 2.05) is 0 Å². The lowest BCUT2D eigenvalue weighted by Gasteiger charge is -2.21. The van der Waals surface area contributed by atoms with E-state index in [2.05, 4.69) is 4.72 Å². The zero-order valence-electron chi connectivity index (χ0n) is 12.0. The number of thiocarbonyl (C=S) groups is 1. The lowest BCUT2D eigenvalue weighted by atomic mass is 9.87. The molecule has 2 rings (SSSR count). The maximum absolute atomic E-state index is 12.3.